The van der Waals surface area contributed by atoms with Crippen LogP contribution in [0.25, 0.3) is 0 Å². The lowest BCUT2D eigenvalue weighted by Gasteiger charge is -2.17. The van der Waals surface area contributed by atoms with Gasteiger partial charge < -0.3 is 11.1 Å². The smallest absolute Gasteiger partial charge is 0.224 e. The number of carbonyl (C=O) groups is 1. The van der Waals surface area contributed by atoms with Crippen molar-refractivity contribution >= 4 is 17.2 Å². The maximum Gasteiger partial charge on any atom is 0.224 e. The van der Waals surface area contributed by atoms with E-state index < -0.39 is 0 Å². The standard InChI is InChI=1S/C13H22N2OS/c1-8(2)12(6-14)13(16)15-7-11-5-9(3)10(4)17-11/h5,8,12H,6-7,14H2,1-4H3,(H,15,16). The molecule has 1 aromatic heterocycles. The Morgan fingerprint density at radius 3 is 2.53 bits per heavy atom. The Hall–Kier alpha value is -0.870. The number of nitrogens with two attached hydrogens (primary N) is 1. The summed E-state index contributed by atoms with van der Waals surface area (Å²) in [5.41, 5.74) is 6.90. The van der Waals surface area contributed by atoms with Crippen LogP contribution in [0.15, 0.2) is 6.07 Å². The van der Waals surface area contributed by atoms with E-state index in [0.29, 0.717) is 13.1 Å². The quantitative estimate of drug-likeness (QED) is 0.846. The Kier molecular flexibility index (Phi) is 5.15. The minimum atomic E-state index is -0.0860. The number of carbonyl (C=O) groups excluding carboxylic acids is 1. The Labute approximate surface area is 107 Å². The van der Waals surface area contributed by atoms with Gasteiger partial charge in [-0.25, -0.2) is 0 Å². The molecule has 0 saturated heterocycles. The normalized spacial score (nSPS) is 12.8. The summed E-state index contributed by atoms with van der Waals surface area (Å²) < 4.78 is 0. The van der Waals surface area contributed by atoms with Gasteiger partial charge in [0.05, 0.1) is 12.5 Å². The zero-order chi connectivity index (χ0) is 13.0. The lowest BCUT2D eigenvalue weighted by atomic mass is 9.95. The van der Waals surface area contributed by atoms with Crippen LogP contribution in [0.1, 0.15) is 29.2 Å². The molecule has 1 heterocycles. The molecule has 3 nitrogen and oxygen atoms in total. The number of hydrogen-bond donors (Lipinski definition) is 2. The summed E-state index contributed by atoms with van der Waals surface area (Å²) in [6.07, 6.45) is 0. The van der Waals surface area contributed by atoms with Gasteiger partial charge in [0.2, 0.25) is 5.91 Å². The summed E-state index contributed by atoms with van der Waals surface area (Å²) in [6.45, 7) is 9.26. The van der Waals surface area contributed by atoms with Crippen LogP contribution in [0.4, 0.5) is 0 Å². The van der Waals surface area contributed by atoms with Gasteiger partial charge in [0.1, 0.15) is 0 Å². The minimum Gasteiger partial charge on any atom is -0.351 e. The number of nitrogens with one attached hydrogen (secondary N) is 1. The van der Waals surface area contributed by atoms with E-state index in [1.807, 2.05) is 13.8 Å². The van der Waals surface area contributed by atoms with E-state index in [0.717, 1.165) is 0 Å². The molecule has 0 spiro atoms. The summed E-state index contributed by atoms with van der Waals surface area (Å²) >= 11 is 1.74. The third-order valence-corrected chi connectivity index (χ3v) is 4.20. The van der Waals surface area contributed by atoms with E-state index in [2.05, 4.69) is 25.2 Å². The first-order chi connectivity index (χ1) is 7.95. The van der Waals surface area contributed by atoms with Crippen LogP contribution < -0.4 is 11.1 Å². The van der Waals surface area contributed by atoms with Gasteiger partial charge in [-0.05, 0) is 31.4 Å². The van der Waals surface area contributed by atoms with E-state index in [9.17, 15) is 4.79 Å². The fraction of sp³-hybridized carbons (Fsp3) is 0.615. The van der Waals surface area contributed by atoms with Crippen molar-refractivity contribution in [3.8, 4) is 0 Å². The SMILES string of the molecule is Cc1cc(CNC(=O)C(CN)C(C)C)sc1C. The fourth-order valence-electron chi connectivity index (χ4n) is 1.72. The van der Waals surface area contributed by atoms with E-state index in [1.54, 1.807) is 11.3 Å². The molecule has 0 aromatic carbocycles. The molecular formula is C13H22N2OS. The zero-order valence-corrected chi connectivity index (χ0v) is 11.9. The Balaban J connectivity index is 2.53. The molecule has 1 aromatic rings. The van der Waals surface area contributed by atoms with Crippen LogP contribution in [-0.2, 0) is 11.3 Å². The Morgan fingerprint density at radius 2 is 2.12 bits per heavy atom. The zero-order valence-electron chi connectivity index (χ0n) is 11.0. The molecule has 0 bridgehead atoms. The summed E-state index contributed by atoms with van der Waals surface area (Å²) in [5.74, 6) is 0.259. The molecule has 1 amide bonds. The summed E-state index contributed by atoms with van der Waals surface area (Å²) in [4.78, 5) is 14.4. The highest BCUT2D eigenvalue weighted by atomic mass is 32.1. The molecule has 4 heteroatoms. The number of thiophene rings is 1. The fourth-order valence-corrected chi connectivity index (χ4v) is 2.72. The topological polar surface area (TPSA) is 55.1 Å². The van der Waals surface area contributed by atoms with Crippen molar-refractivity contribution in [1.82, 2.24) is 5.32 Å². The third-order valence-electron chi connectivity index (χ3n) is 3.05. The molecule has 1 rings (SSSR count). The molecule has 0 aliphatic rings. The predicted octanol–water partition coefficient (Wildman–Crippen LogP) is 2.21. The third kappa shape index (κ3) is 3.82. The lowest BCUT2D eigenvalue weighted by molar-refractivity contribution is -0.126. The van der Waals surface area contributed by atoms with Gasteiger partial charge in [0.15, 0.2) is 0 Å². The van der Waals surface area contributed by atoms with E-state index in [1.165, 1.54) is 15.3 Å². The van der Waals surface area contributed by atoms with Gasteiger partial charge in [-0.2, -0.15) is 0 Å². The Morgan fingerprint density at radius 1 is 1.47 bits per heavy atom. The van der Waals surface area contributed by atoms with Crippen LogP contribution in [0, 0.1) is 25.7 Å². The second kappa shape index (κ2) is 6.17. The van der Waals surface area contributed by atoms with Crippen molar-refractivity contribution in [3.63, 3.8) is 0 Å². The summed E-state index contributed by atoms with van der Waals surface area (Å²) in [7, 11) is 0. The van der Waals surface area contributed by atoms with Gasteiger partial charge >= 0.3 is 0 Å². The maximum atomic E-state index is 11.9. The predicted molar refractivity (Wildman–Crippen MR) is 73.0 cm³/mol. The minimum absolute atomic E-state index is 0.0613. The molecular weight excluding hydrogens is 232 g/mol. The lowest BCUT2D eigenvalue weighted by Crippen LogP contribution is -2.37. The first kappa shape index (κ1) is 14.2. The van der Waals surface area contributed by atoms with Crippen molar-refractivity contribution in [1.29, 1.82) is 0 Å². The van der Waals surface area contributed by atoms with E-state index in [-0.39, 0.29) is 17.7 Å². The molecule has 0 aliphatic carbocycles. The highest BCUT2D eigenvalue weighted by molar-refractivity contribution is 7.12. The van der Waals surface area contributed by atoms with Gasteiger partial charge in [0.25, 0.3) is 0 Å². The highest BCUT2D eigenvalue weighted by Gasteiger charge is 2.20. The van der Waals surface area contributed by atoms with Gasteiger partial charge in [-0.3, -0.25) is 4.79 Å². The molecule has 0 fully saturated rings. The molecule has 17 heavy (non-hydrogen) atoms. The van der Waals surface area contributed by atoms with Crippen molar-refractivity contribution in [2.75, 3.05) is 6.54 Å². The van der Waals surface area contributed by atoms with Crippen molar-refractivity contribution in [2.45, 2.75) is 34.2 Å². The van der Waals surface area contributed by atoms with E-state index in [4.69, 9.17) is 5.73 Å². The second-order valence-electron chi connectivity index (χ2n) is 4.76. The van der Waals surface area contributed by atoms with Crippen molar-refractivity contribution in [2.24, 2.45) is 17.6 Å². The van der Waals surface area contributed by atoms with Gasteiger partial charge in [-0.1, -0.05) is 13.8 Å². The molecule has 3 N–H and O–H groups in total. The molecule has 0 saturated carbocycles. The number of aryl methyl sites for hydroxylation is 2. The highest BCUT2D eigenvalue weighted by Crippen LogP contribution is 2.20. The molecule has 96 valence electrons. The largest absolute Gasteiger partial charge is 0.351 e. The first-order valence-electron chi connectivity index (χ1n) is 5.99. The van der Waals surface area contributed by atoms with Crippen LogP contribution in [0.2, 0.25) is 0 Å². The van der Waals surface area contributed by atoms with Gasteiger partial charge in [0, 0.05) is 16.3 Å². The Bertz CT molecular complexity index is 365. The average molecular weight is 254 g/mol. The van der Waals surface area contributed by atoms with E-state index >= 15 is 0 Å². The second-order valence-corrected chi connectivity index (χ2v) is 6.10. The molecule has 0 radical (unpaired) electrons. The number of amides is 1. The first-order valence-corrected chi connectivity index (χ1v) is 6.81. The molecule has 1 atom stereocenters. The average Bonchev–Trinajstić information content (AvgIpc) is 2.56. The monoisotopic (exact) mass is 254 g/mol. The van der Waals surface area contributed by atoms with Gasteiger partial charge in [-0.15, -0.1) is 11.3 Å². The number of rotatable bonds is 5. The van der Waals surface area contributed by atoms with Crippen molar-refractivity contribution in [3.05, 3.63) is 21.4 Å². The van der Waals surface area contributed by atoms with Crippen LogP contribution in [-0.4, -0.2) is 12.5 Å². The summed E-state index contributed by atoms with van der Waals surface area (Å²) in [5, 5.41) is 2.96. The summed E-state index contributed by atoms with van der Waals surface area (Å²) in [6, 6.07) is 2.13. The van der Waals surface area contributed by atoms with Crippen LogP contribution >= 0.6 is 11.3 Å². The maximum absolute atomic E-state index is 11.9. The van der Waals surface area contributed by atoms with Crippen LogP contribution in [0.5, 0.6) is 0 Å². The molecule has 0 aliphatic heterocycles. The van der Waals surface area contributed by atoms with Crippen LogP contribution in [0.3, 0.4) is 0 Å². The number of hydrogen-bond acceptors (Lipinski definition) is 3. The molecule has 1 unspecified atom stereocenters. The van der Waals surface area contributed by atoms with Crippen molar-refractivity contribution < 1.29 is 4.79 Å².